The number of hydrogen-bond acceptors (Lipinski definition) is 5. The summed E-state index contributed by atoms with van der Waals surface area (Å²) in [5.74, 6) is 0.420. The summed E-state index contributed by atoms with van der Waals surface area (Å²) in [5.41, 5.74) is 7.93. The van der Waals surface area contributed by atoms with Crippen molar-refractivity contribution in [3.63, 3.8) is 0 Å². The molecule has 5 heteroatoms. The molecule has 5 nitrogen and oxygen atoms in total. The summed E-state index contributed by atoms with van der Waals surface area (Å²) in [5, 5.41) is 0. The van der Waals surface area contributed by atoms with E-state index in [2.05, 4.69) is 9.88 Å². The van der Waals surface area contributed by atoms with Gasteiger partial charge in [-0.15, -0.1) is 0 Å². The molecule has 1 spiro atoms. The molecule has 18 heavy (non-hydrogen) atoms. The molecule has 0 unspecified atom stereocenters. The molecule has 0 radical (unpaired) electrons. The Morgan fingerprint density at radius 2 is 2.17 bits per heavy atom. The predicted octanol–water partition coefficient (Wildman–Crippen LogP) is 1.32. The van der Waals surface area contributed by atoms with Crippen molar-refractivity contribution < 1.29 is 9.47 Å². The van der Waals surface area contributed by atoms with Gasteiger partial charge in [0.15, 0.2) is 11.6 Å². The minimum atomic E-state index is -0.434. The van der Waals surface area contributed by atoms with Gasteiger partial charge >= 0.3 is 0 Å². The lowest BCUT2D eigenvalue weighted by molar-refractivity contribution is -0.161. The first-order chi connectivity index (χ1) is 8.70. The maximum atomic E-state index is 6.11. The second-order valence-electron chi connectivity index (χ2n) is 5.00. The number of hydrogen-bond donors (Lipinski definition) is 1. The molecule has 0 amide bonds. The molecule has 0 aromatic carbocycles. The standard InChI is InChI=1S/C13H19N3O2/c1-10-3-5-15-12(11(10)14)16-6-2-4-13(9-16)17-7-8-18-13/h3,5H,2,4,6-9,14H2,1H3. The van der Waals surface area contributed by atoms with Crippen LogP contribution in [0.4, 0.5) is 11.5 Å². The molecule has 0 atom stereocenters. The van der Waals surface area contributed by atoms with Crippen LogP contribution in [0.5, 0.6) is 0 Å². The Bertz CT molecular complexity index is 444. The molecule has 98 valence electrons. The molecular weight excluding hydrogens is 230 g/mol. The summed E-state index contributed by atoms with van der Waals surface area (Å²) in [6, 6.07) is 1.93. The highest BCUT2D eigenvalue weighted by Crippen LogP contribution is 2.34. The molecule has 2 aliphatic heterocycles. The SMILES string of the molecule is Cc1ccnc(N2CCCC3(C2)OCCO3)c1N. The fourth-order valence-corrected chi connectivity index (χ4v) is 2.71. The fraction of sp³-hybridized carbons (Fsp3) is 0.615. The zero-order valence-electron chi connectivity index (χ0n) is 10.7. The molecular formula is C13H19N3O2. The average Bonchev–Trinajstić information content (AvgIpc) is 2.81. The first-order valence-corrected chi connectivity index (χ1v) is 6.44. The Hall–Kier alpha value is -1.33. The van der Waals surface area contributed by atoms with Gasteiger partial charge in [0.05, 0.1) is 25.4 Å². The molecule has 0 aliphatic carbocycles. The third kappa shape index (κ3) is 1.93. The number of aryl methyl sites for hydroxylation is 1. The molecule has 1 aromatic rings. The van der Waals surface area contributed by atoms with Gasteiger partial charge in [0, 0.05) is 19.2 Å². The fourth-order valence-electron chi connectivity index (χ4n) is 2.71. The van der Waals surface area contributed by atoms with Crippen LogP contribution in [-0.4, -0.2) is 37.1 Å². The van der Waals surface area contributed by atoms with Crippen LogP contribution in [-0.2, 0) is 9.47 Å². The maximum absolute atomic E-state index is 6.11. The predicted molar refractivity (Wildman–Crippen MR) is 69.5 cm³/mol. The number of nitrogens with zero attached hydrogens (tertiary/aromatic N) is 2. The maximum Gasteiger partial charge on any atom is 0.186 e. The van der Waals surface area contributed by atoms with E-state index in [0.717, 1.165) is 36.5 Å². The van der Waals surface area contributed by atoms with E-state index < -0.39 is 5.79 Å². The van der Waals surface area contributed by atoms with Crippen LogP contribution in [0.25, 0.3) is 0 Å². The Labute approximate surface area is 107 Å². The summed E-state index contributed by atoms with van der Waals surface area (Å²) < 4.78 is 11.5. The van der Waals surface area contributed by atoms with Gasteiger partial charge in [-0.25, -0.2) is 4.98 Å². The number of nitrogens with two attached hydrogens (primary N) is 1. The van der Waals surface area contributed by atoms with Crippen molar-refractivity contribution in [2.75, 3.05) is 36.9 Å². The van der Waals surface area contributed by atoms with Crippen molar-refractivity contribution in [2.24, 2.45) is 0 Å². The largest absolute Gasteiger partial charge is 0.396 e. The summed E-state index contributed by atoms with van der Waals surface area (Å²) in [4.78, 5) is 6.58. The Morgan fingerprint density at radius 1 is 1.39 bits per heavy atom. The number of pyridine rings is 1. The number of ether oxygens (including phenoxy) is 2. The smallest absolute Gasteiger partial charge is 0.186 e. The number of nitrogen functional groups attached to an aromatic ring is 1. The van der Waals surface area contributed by atoms with Crippen LogP contribution in [0.1, 0.15) is 18.4 Å². The lowest BCUT2D eigenvalue weighted by atomic mass is 10.0. The van der Waals surface area contributed by atoms with Gasteiger partial charge in [0.2, 0.25) is 0 Å². The van der Waals surface area contributed by atoms with Crippen LogP contribution in [0.2, 0.25) is 0 Å². The molecule has 2 N–H and O–H groups in total. The third-order valence-electron chi connectivity index (χ3n) is 3.72. The number of piperidine rings is 1. The van der Waals surface area contributed by atoms with Gasteiger partial charge in [-0.1, -0.05) is 0 Å². The van der Waals surface area contributed by atoms with Crippen LogP contribution >= 0.6 is 0 Å². The highest BCUT2D eigenvalue weighted by molar-refractivity contribution is 5.66. The van der Waals surface area contributed by atoms with Crippen LogP contribution < -0.4 is 10.6 Å². The van der Waals surface area contributed by atoms with Gasteiger partial charge in [-0.2, -0.15) is 0 Å². The molecule has 2 aliphatic rings. The van der Waals surface area contributed by atoms with Crippen LogP contribution in [0.3, 0.4) is 0 Å². The first kappa shape index (κ1) is 11.7. The molecule has 2 fully saturated rings. The van der Waals surface area contributed by atoms with Crippen LogP contribution in [0, 0.1) is 6.92 Å². The molecule has 2 saturated heterocycles. The summed E-state index contributed by atoms with van der Waals surface area (Å²) in [6.45, 7) is 5.04. The zero-order valence-corrected chi connectivity index (χ0v) is 10.7. The lowest BCUT2D eigenvalue weighted by Gasteiger charge is -2.39. The summed E-state index contributed by atoms with van der Waals surface area (Å²) in [6.07, 6.45) is 3.79. The van der Waals surface area contributed by atoms with E-state index in [0.29, 0.717) is 19.8 Å². The van der Waals surface area contributed by atoms with Gasteiger partial charge in [-0.05, 0) is 25.0 Å². The number of rotatable bonds is 1. The molecule has 0 bridgehead atoms. The zero-order chi connectivity index (χ0) is 12.6. The van der Waals surface area contributed by atoms with E-state index in [9.17, 15) is 0 Å². The Balaban J connectivity index is 1.85. The van der Waals surface area contributed by atoms with E-state index >= 15 is 0 Å². The van der Waals surface area contributed by atoms with E-state index in [1.54, 1.807) is 6.20 Å². The highest BCUT2D eigenvalue weighted by atomic mass is 16.7. The van der Waals surface area contributed by atoms with E-state index in [4.69, 9.17) is 15.2 Å². The Kier molecular flexibility index (Phi) is 2.87. The average molecular weight is 249 g/mol. The van der Waals surface area contributed by atoms with E-state index in [1.807, 2.05) is 13.0 Å². The lowest BCUT2D eigenvalue weighted by Crippen LogP contribution is -2.49. The van der Waals surface area contributed by atoms with Crippen molar-refractivity contribution in [2.45, 2.75) is 25.6 Å². The second-order valence-corrected chi connectivity index (χ2v) is 5.00. The Morgan fingerprint density at radius 3 is 2.94 bits per heavy atom. The van der Waals surface area contributed by atoms with Gasteiger partial charge in [0.25, 0.3) is 0 Å². The molecule has 0 saturated carbocycles. The van der Waals surface area contributed by atoms with Crippen molar-refractivity contribution >= 4 is 11.5 Å². The van der Waals surface area contributed by atoms with Crippen molar-refractivity contribution in [3.05, 3.63) is 17.8 Å². The van der Waals surface area contributed by atoms with Gasteiger partial charge in [0.1, 0.15) is 0 Å². The van der Waals surface area contributed by atoms with Gasteiger partial charge in [-0.3, -0.25) is 0 Å². The van der Waals surface area contributed by atoms with E-state index in [1.165, 1.54) is 0 Å². The first-order valence-electron chi connectivity index (χ1n) is 6.44. The molecule has 1 aromatic heterocycles. The van der Waals surface area contributed by atoms with Crippen LogP contribution in [0.15, 0.2) is 12.3 Å². The second kappa shape index (κ2) is 4.40. The molecule has 3 rings (SSSR count). The summed E-state index contributed by atoms with van der Waals surface area (Å²) >= 11 is 0. The molecule has 3 heterocycles. The number of anilines is 2. The summed E-state index contributed by atoms with van der Waals surface area (Å²) in [7, 11) is 0. The van der Waals surface area contributed by atoms with Gasteiger partial charge < -0.3 is 20.1 Å². The monoisotopic (exact) mass is 249 g/mol. The topological polar surface area (TPSA) is 60.6 Å². The number of aromatic nitrogens is 1. The quantitative estimate of drug-likeness (QED) is 0.813. The van der Waals surface area contributed by atoms with Crippen molar-refractivity contribution in [3.8, 4) is 0 Å². The normalized spacial score (nSPS) is 22.6. The van der Waals surface area contributed by atoms with Crippen molar-refractivity contribution in [1.82, 2.24) is 4.98 Å². The highest BCUT2D eigenvalue weighted by Gasteiger charge is 2.41. The van der Waals surface area contributed by atoms with E-state index in [-0.39, 0.29) is 0 Å². The minimum absolute atomic E-state index is 0.434. The third-order valence-corrected chi connectivity index (χ3v) is 3.72. The van der Waals surface area contributed by atoms with Crippen molar-refractivity contribution in [1.29, 1.82) is 0 Å². The minimum Gasteiger partial charge on any atom is -0.396 e.